The van der Waals surface area contributed by atoms with Crippen LogP contribution in [0.1, 0.15) is 34.5 Å². The van der Waals surface area contributed by atoms with Gasteiger partial charge in [0.05, 0.1) is 16.8 Å². The Kier molecular flexibility index (Phi) is 4.12. The molecule has 2 heterocycles. The molecule has 0 bridgehead atoms. The smallest absolute Gasteiger partial charge is 0.253 e. The number of pyridine rings is 1. The lowest BCUT2D eigenvalue weighted by molar-refractivity contribution is 0.0943. The molecule has 116 valence electrons. The molecule has 0 spiro atoms. The first kappa shape index (κ1) is 15.0. The number of benzene rings is 1. The molecule has 3 rings (SSSR count). The maximum absolute atomic E-state index is 12.5. The van der Waals surface area contributed by atoms with Crippen molar-refractivity contribution >= 4 is 16.8 Å². The van der Waals surface area contributed by atoms with Gasteiger partial charge in [-0.3, -0.25) is 9.78 Å². The fraction of sp³-hybridized carbons (Fsp3) is 0.444. The van der Waals surface area contributed by atoms with E-state index in [0.29, 0.717) is 18.2 Å². The molecule has 0 unspecified atom stereocenters. The van der Waals surface area contributed by atoms with Crippen LogP contribution < -0.4 is 5.32 Å². The van der Waals surface area contributed by atoms with Crippen LogP contribution in [-0.2, 0) is 0 Å². The molecule has 0 aliphatic carbocycles. The number of likely N-dealkylation sites (N-methyl/N-ethyl adjacent to an activating group) is 1. The van der Waals surface area contributed by atoms with Crippen LogP contribution in [0.25, 0.3) is 10.9 Å². The molecule has 0 saturated carbocycles. The predicted molar refractivity (Wildman–Crippen MR) is 89.2 cm³/mol. The minimum Gasteiger partial charge on any atom is -0.350 e. The van der Waals surface area contributed by atoms with Crippen molar-refractivity contribution in [3.63, 3.8) is 0 Å². The van der Waals surface area contributed by atoms with Gasteiger partial charge >= 0.3 is 0 Å². The number of hydrogen-bond donors (Lipinski definition) is 1. The highest BCUT2D eigenvalue weighted by molar-refractivity contribution is 5.98. The van der Waals surface area contributed by atoms with Crippen molar-refractivity contribution in [1.29, 1.82) is 0 Å². The Morgan fingerprint density at radius 2 is 2.18 bits per heavy atom. The second-order valence-electron chi connectivity index (χ2n) is 6.30. The van der Waals surface area contributed by atoms with Crippen LogP contribution in [-0.4, -0.2) is 42.0 Å². The van der Waals surface area contributed by atoms with Crippen LogP contribution in [0.15, 0.2) is 24.3 Å². The summed E-state index contributed by atoms with van der Waals surface area (Å²) in [5, 5.41) is 4.09. The Bertz CT molecular complexity index is 711. The number of nitrogens with zero attached hydrogens (tertiary/aromatic N) is 2. The first-order valence-corrected chi connectivity index (χ1v) is 7.91. The van der Waals surface area contributed by atoms with E-state index in [1.165, 1.54) is 12.0 Å². The molecule has 1 saturated heterocycles. The second-order valence-corrected chi connectivity index (χ2v) is 6.30. The third-order valence-electron chi connectivity index (χ3n) is 4.58. The lowest BCUT2D eigenvalue weighted by Gasteiger charge is -2.20. The van der Waals surface area contributed by atoms with Gasteiger partial charge in [-0.1, -0.05) is 11.6 Å². The summed E-state index contributed by atoms with van der Waals surface area (Å²) in [7, 11) is 2.12. The standard InChI is InChI=1S/C18H23N3O/c1-12-6-7-17-14(9-12)10-16(13(2)20-17)18(22)19-11-15-5-4-8-21(15)3/h6-7,9-10,15H,4-5,8,11H2,1-3H3,(H,19,22)/t15-/m0/s1. The van der Waals surface area contributed by atoms with Crippen molar-refractivity contribution in [3.8, 4) is 0 Å². The highest BCUT2D eigenvalue weighted by atomic mass is 16.1. The third-order valence-corrected chi connectivity index (χ3v) is 4.58. The largest absolute Gasteiger partial charge is 0.350 e. The van der Waals surface area contributed by atoms with Crippen molar-refractivity contribution in [2.24, 2.45) is 0 Å². The summed E-state index contributed by atoms with van der Waals surface area (Å²) in [5.41, 5.74) is 3.58. The molecule has 1 aromatic heterocycles. The number of aryl methyl sites for hydroxylation is 2. The third kappa shape index (κ3) is 2.97. The maximum atomic E-state index is 12.5. The van der Waals surface area contributed by atoms with Crippen LogP contribution in [0, 0.1) is 13.8 Å². The zero-order valence-electron chi connectivity index (χ0n) is 13.5. The predicted octanol–water partition coefficient (Wildman–Crippen LogP) is 2.68. The molecule has 1 N–H and O–H groups in total. The van der Waals surface area contributed by atoms with Gasteiger partial charge in [0.1, 0.15) is 0 Å². The van der Waals surface area contributed by atoms with Crippen molar-refractivity contribution in [2.75, 3.05) is 20.1 Å². The van der Waals surface area contributed by atoms with Crippen molar-refractivity contribution in [1.82, 2.24) is 15.2 Å². The van der Waals surface area contributed by atoms with E-state index in [4.69, 9.17) is 0 Å². The van der Waals surface area contributed by atoms with E-state index in [1.54, 1.807) is 0 Å². The number of likely N-dealkylation sites (tertiary alicyclic amines) is 1. The average molecular weight is 297 g/mol. The van der Waals surface area contributed by atoms with E-state index >= 15 is 0 Å². The Balaban J connectivity index is 1.79. The van der Waals surface area contributed by atoms with E-state index in [-0.39, 0.29) is 5.91 Å². The summed E-state index contributed by atoms with van der Waals surface area (Å²) in [6.45, 7) is 5.78. The van der Waals surface area contributed by atoms with Gasteiger partial charge in [0.25, 0.3) is 5.91 Å². The van der Waals surface area contributed by atoms with E-state index in [1.807, 2.05) is 25.1 Å². The number of nitrogens with one attached hydrogen (secondary N) is 1. The van der Waals surface area contributed by atoms with Gasteiger partial charge in [-0.05, 0) is 58.5 Å². The summed E-state index contributed by atoms with van der Waals surface area (Å²) in [5.74, 6) is -0.0197. The molecule has 1 fully saturated rings. The van der Waals surface area contributed by atoms with Crippen molar-refractivity contribution in [3.05, 3.63) is 41.1 Å². The molecule has 4 heteroatoms. The van der Waals surface area contributed by atoms with Crippen LogP contribution in [0.3, 0.4) is 0 Å². The highest BCUT2D eigenvalue weighted by Crippen LogP contribution is 2.18. The zero-order chi connectivity index (χ0) is 15.7. The van der Waals surface area contributed by atoms with Crippen LogP contribution in [0.5, 0.6) is 0 Å². The fourth-order valence-electron chi connectivity index (χ4n) is 3.16. The first-order valence-electron chi connectivity index (χ1n) is 7.91. The summed E-state index contributed by atoms with van der Waals surface area (Å²) < 4.78 is 0. The number of aromatic nitrogens is 1. The Morgan fingerprint density at radius 3 is 2.91 bits per heavy atom. The number of amides is 1. The molecular formula is C18H23N3O. The SMILES string of the molecule is Cc1ccc2nc(C)c(C(=O)NC[C@@H]3CCCN3C)cc2c1. The van der Waals surface area contributed by atoms with Gasteiger partial charge in [0.15, 0.2) is 0 Å². The molecule has 0 radical (unpaired) electrons. The van der Waals surface area contributed by atoms with E-state index in [0.717, 1.165) is 29.6 Å². The number of carbonyl (C=O) groups excluding carboxylic acids is 1. The topological polar surface area (TPSA) is 45.2 Å². The molecule has 1 amide bonds. The molecular weight excluding hydrogens is 274 g/mol. The number of carbonyl (C=O) groups is 1. The first-order chi connectivity index (χ1) is 10.5. The van der Waals surface area contributed by atoms with Gasteiger partial charge in [-0.2, -0.15) is 0 Å². The fourth-order valence-corrected chi connectivity index (χ4v) is 3.16. The molecule has 1 aromatic carbocycles. The number of fused-ring (bicyclic) bond motifs is 1. The van der Waals surface area contributed by atoms with E-state index in [2.05, 4.69) is 35.2 Å². The lowest BCUT2D eigenvalue weighted by Crippen LogP contribution is -2.38. The van der Waals surface area contributed by atoms with Crippen molar-refractivity contribution in [2.45, 2.75) is 32.7 Å². The quantitative estimate of drug-likeness (QED) is 0.947. The van der Waals surface area contributed by atoms with E-state index < -0.39 is 0 Å². The zero-order valence-corrected chi connectivity index (χ0v) is 13.5. The molecule has 2 aromatic rings. The molecule has 4 nitrogen and oxygen atoms in total. The van der Waals surface area contributed by atoms with Crippen molar-refractivity contribution < 1.29 is 4.79 Å². The van der Waals surface area contributed by atoms with Crippen LogP contribution in [0.4, 0.5) is 0 Å². The Labute approximate surface area is 131 Å². The summed E-state index contributed by atoms with van der Waals surface area (Å²) in [4.78, 5) is 19.4. The summed E-state index contributed by atoms with van der Waals surface area (Å²) in [6, 6.07) is 8.54. The maximum Gasteiger partial charge on any atom is 0.253 e. The van der Waals surface area contributed by atoms with Gasteiger partial charge in [0, 0.05) is 18.0 Å². The van der Waals surface area contributed by atoms with Gasteiger partial charge in [0.2, 0.25) is 0 Å². The number of rotatable bonds is 3. The van der Waals surface area contributed by atoms with Crippen LogP contribution >= 0.6 is 0 Å². The highest BCUT2D eigenvalue weighted by Gasteiger charge is 2.21. The number of hydrogen-bond acceptors (Lipinski definition) is 3. The van der Waals surface area contributed by atoms with Gasteiger partial charge in [-0.25, -0.2) is 0 Å². The second kappa shape index (κ2) is 6.05. The Morgan fingerprint density at radius 1 is 1.36 bits per heavy atom. The lowest BCUT2D eigenvalue weighted by atomic mass is 10.1. The summed E-state index contributed by atoms with van der Waals surface area (Å²) in [6.07, 6.45) is 2.37. The monoisotopic (exact) mass is 297 g/mol. The normalized spacial score (nSPS) is 18.8. The van der Waals surface area contributed by atoms with E-state index in [9.17, 15) is 4.79 Å². The van der Waals surface area contributed by atoms with Gasteiger partial charge < -0.3 is 10.2 Å². The average Bonchev–Trinajstić information content (AvgIpc) is 2.90. The molecule has 1 aliphatic rings. The minimum absolute atomic E-state index is 0.0197. The Hall–Kier alpha value is -1.94. The van der Waals surface area contributed by atoms with Crippen LogP contribution in [0.2, 0.25) is 0 Å². The minimum atomic E-state index is -0.0197. The van der Waals surface area contributed by atoms with Gasteiger partial charge in [-0.15, -0.1) is 0 Å². The molecule has 1 atom stereocenters. The molecule has 22 heavy (non-hydrogen) atoms. The summed E-state index contributed by atoms with van der Waals surface area (Å²) >= 11 is 0. The molecule has 1 aliphatic heterocycles.